The van der Waals surface area contributed by atoms with E-state index in [1.165, 1.54) is 16.8 Å². The van der Waals surface area contributed by atoms with Crippen LogP contribution in [0.3, 0.4) is 0 Å². The summed E-state index contributed by atoms with van der Waals surface area (Å²) in [4.78, 5) is 24.5. The Hall–Kier alpha value is -2.73. The van der Waals surface area contributed by atoms with Crippen LogP contribution in [0.2, 0.25) is 0 Å². The molecule has 26 heavy (non-hydrogen) atoms. The van der Waals surface area contributed by atoms with E-state index in [-0.39, 0.29) is 23.2 Å². The normalized spacial score (nSPS) is 11.8. The molecular formula is C20H18BrN3O2. The Morgan fingerprint density at radius 1 is 1.08 bits per heavy atom. The smallest absolute Gasteiger partial charge is 0.271 e. The van der Waals surface area contributed by atoms with Crippen molar-refractivity contribution in [3.05, 3.63) is 92.8 Å². The van der Waals surface area contributed by atoms with Crippen LogP contribution in [0.1, 0.15) is 23.0 Å². The first kappa shape index (κ1) is 18.1. The van der Waals surface area contributed by atoms with Gasteiger partial charge >= 0.3 is 0 Å². The minimum Gasteiger partial charge on any atom is -0.348 e. The highest BCUT2D eigenvalue weighted by atomic mass is 79.9. The van der Waals surface area contributed by atoms with Gasteiger partial charge in [-0.05, 0) is 49.2 Å². The number of hydrogen-bond acceptors (Lipinski definition) is 3. The lowest BCUT2D eigenvalue weighted by Crippen LogP contribution is -2.36. The molecule has 0 radical (unpaired) electrons. The van der Waals surface area contributed by atoms with Gasteiger partial charge in [-0.2, -0.15) is 9.78 Å². The fourth-order valence-electron chi connectivity index (χ4n) is 2.61. The first-order valence-electron chi connectivity index (χ1n) is 8.24. The van der Waals surface area contributed by atoms with Crippen molar-refractivity contribution in [1.82, 2.24) is 15.1 Å². The first-order valence-corrected chi connectivity index (χ1v) is 9.03. The molecule has 0 saturated heterocycles. The van der Waals surface area contributed by atoms with Crippen LogP contribution in [0, 0.1) is 0 Å². The second-order valence-corrected chi connectivity index (χ2v) is 6.92. The topological polar surface area (TPSA) is 64.0 Å². The molecule has 1 atom stereocenters. The van der Waals surface area contributed by atoms with Crippen molar-refractivity contribution in [3.8, 4) is 5.69 Å². The Morgan fingerprint density at radius 3 is 2.46 bits per heavy atom. The van der Waals surface area contributed by atoms with Crippen LogP contribution in [0.5, 0.6) is 0 Å². The van der Waals surface area contributed by atoms with Crippen LogP contribution in [-0.2, 0) is 6.42 Å². The van der Waals surface area contributed by atoms with Crippen LogP contribution < -0.4 is 10.9 Å². The molecule has 1 heterocycles. The summed E-state index contributed by atoms with van der Waals surface area (Å²) in [6, 6.07) is 19.7. The molecule has 0 fully saturated rings. The molecule has 1 aromatic heterocycles. The molecule has 5 nitrogen and oxygen atoms in total. The number of rotatable bonds is 5. The van der Waals surface area contributed by atoms with Gasteiger partial charge in [-0.1, -0.05) is 46.3 Å². The molecular weight excluding hydrogens is 394 g/mol. The fraction of sp³-hybridized carbons (Fsp3) is 0.150. The molecule has 0 spiro atoms. The minimum atomic E-state index is -0.306. The molecule has 1 amide bonds. The maximum atomic E-state index is 12.5. The highest BCUT2D eigenvalue weighted by molar-refractivity contribution is 9.10. The van der Waals surface area contributed by atoms with Crippen molar-refractivity contribution in [2.75, 3.05) is 0 Å². The van der Waals surface area contributed by atoms with E-state index in [9.17, 15) is 9.59 Å². The van der Waals surface area contributed by atoms with Crippen molar-refractivity contribution in [3.63, 3.8) is 0 Å². The molecule has 3 aromatic rings. The van der Waals surface area contributed by atoms with Crippen LogP contribution >= 0.6 is 15.9 Å². The van der Waals surface area contributed by atoms with E-state index >= 15 is 0 Å². The van der Waals surface area contributed by atoms with E-state index in [0.29, 0.717) is 12.1 Å². The minimum absolute atomic E-state index is 0.0671. The van der Waals surface area contributed by atoms with E-state index in [2.05, 4.69) is 26.3 Å². The lowest BCUT2D eigenvalue weighted by molar-refractivity contribution is 0.0933. The molecule has 2 aromatic carbocycles. The standard InChI is InChI=1S/C20H18BrN3O2/c1-14(13-15-7-9-16(21)10-8-15)22-20(26)18-11-12-19(25)24(23-18)17-5-3-2-4-6-17/h2-12,14H,13H2,1H3,(H,22,26). The Labute approximate surface area is 159 Å². The highest BCUT2D eigenvalue weighted by Crippen LogP contribution is 2.12. The number of hydrogen-bond donors (Lipinski definition) is 1. The Balaban J connectivity index is 1.73. The zero-order chi connectivity index (χ0) is 18.5. The number of nitrogens with zero attached hydrogens (tertiary/aromatic N) is 2. The lowest BCUT2D eigenvalue weighted by Gasteiger charge is -2.14. The molecule has 0 aliphatic rings. The maximum Gasteiger partial charge on any atom is 0.271 e. The van der Waals surface area contributed by atoms with Crippen molar-refractivity contribution in [2.45, 2.75) is 19.4 Å². The predicted octanol–water partition coefficient (Wildman–Crippen LogP) is 3.36. The molecule has 6 heteroatoms. The van der Waals surface area contributed by atoms with Crippen molar-refractivity contribution in [2.24, 2.45) is 0 Å². The van der Waals surface area contributed by atoms with Gasteiger partial charge in [0.15, 0.2) is 0 Å². The van der Waals surface area contributed by atoms with Gasteiger partial charge in [0.1, 0.15) is 5.69 Å². The Kier molecular flexibility index (Phi) is 5.63. The molecule has 1 unspecified atom stereocenters. The lowest BCUT2D eigenvalue weighted by atomic mass is 10.1. The quantitative estimate of drug-likeness (QED) is 0.699. The van der Waals surface area contributed by atoms with Crippen LogP contribution in [0.15, 0.2) is 76.0 Å². The second kappa shape index (κ2) is 8.10. The van der Waals surface area contributed by atoms with Gasteiger partial charge in [0.05, 0.1) is 5.69 Å². The summed E-state index contributed by atoms with van der Waals surface area (Å²) in [7, 11) is 0. The average molecular weight is 412 g/mol. The van der Waals surface area contributed by atoms with Gasteiger partial charge in [-0.25, -0.2) is 0 Å². The van der Waals surface area contributed by atoms with Crippen molar-refractivity contribution >= 4 is 21.8 Å². The molecule has 0 aliphatic carbocycles. The average Bonchev–Trinajstić information content (AvgIpc) is 2.64. The zero-order valence-electron chi connectivity index (χ0n) is 14.2. The fourth-order valence-corrected chi connectivity index (χ4v) is 2.87. The number of para-hydroxylation sites is 1. The highest BCUT2D eigenvalue weighted by Gasteiger charge is 2.13. The SMILES string of the molecule is CC(Cc1ccc(Br)cc1)NC(=O)c1ccc(=O)n(-c2ccccc2)n1. The van der Waals surface area contributed by atoms with Gasteiger partial charge in [-0.3, -0.25) is 9.59 Å². The molecule has 0 aliphatic heterocycles. The molecule has 0 saturated carbocycles. The van der Waals surface area contributed by atoms with Gasteiger partial charge in [-0.15, -0.1) is 0 Å². The maximum absolute atomic E-state index is 12.5. The zero-order valence-corrected chi connectivity index (χ0v) is 15.8. The summed E-state index contributed by atoms with van der Waals surface area (Å²) in [5.74, 6) is -0.306. The Bertz CT molecular complexity index is 953. The van der Waals surface area contributed by atoms with E-state index in [4.69, 9.17) is 0 Å². The Morgan fingerprint density at radius 2 is 1.77 bits per heavy atom. The summed E-state index contributed by atoms with van der Waals surface area (Å²) < 4.78 is 2.25. The van der Waals surface area contributed by atoms with Gasteiger partial charge < -0.3 is 5.32 Å². The first-order chi connectivity index (χ1) is 12.5. The second-order valence-electron chi connectivity index (χ2n) is 6.01. The summed E-state index contributed by atoms with van der Waals surface area (Å²) in [6.07, 6.45) is 0.706. The summed E-state index contributed by atoms with van der Waals surface area (Å²) in [5.41, 5.74) is 1.67. The van der Waals surface area contributed by atoms with Gasteiger partial charge in [0, 0.05) is 16.6 Å². The van der Waals surface area contributed by atoms with E-state index in [0.717, 1.165) is 10.0 Å². The molecule has 132 valence electrons. The third kappa shape index (κ3) is 4.46. The third-order valence-electron chi connectivity index (χ3n) is 3.87. The molecule has 3 rings (SSSR count). The molecule has 0 bridgehead atoms. The number of benzene rings is 2. The summed E-state index contributed by atoms with van der Waals surface area (Å²) in [6.45, 7) is 1.94. The van der Waals surface area contributed by atoms with Crippen LogP contribution in [0.4, 0.5) is 0 Å². The number of nitrogens with one attached hydrogen (secondary N) is 1. The van der Waals surface area contributed by atoms with E-state index in [1.807, 2.05) is 49.4 Å². The largest absolute Gasteiger partial charge is 0.348 e. The number of carbonyl (C=O) groups is 1. The number of carbonyl (C=O) groups excluding carboxylic acids is 1. The van der Waals surface area contributed by atoms with Crippen LogP contribution in [-0.4, -0.2) is 21.7 Å². The van der Waals surface area contributed by atoms with Gasteiger partial charge in [0.2, 0.25) is 0 Å². The van der Waals surface area contributed by atoms with Crippen molar-refractivity contribution < 1.29 is 4.79 Å². The monoisotopic (exact) mass is 411 g/mol. The van der Waals surface area contributed by atoms with E-state index < -0.39 is 0 Å². The number of aromatic nitrogens is 2. The number of halogens is 1. The third-order valence-corrected chi connectivity index (χ3v) is 4.39. The van der Waals surface area contributed by atoms with Gasteiger partial charge in [0.25, 0.3) is 11.5 Å². The molecule has 1 N–H and O–H groups in total. The van der Waals surface area contributed by atoms with E-state index in [1.54, 1.807) is 12.1 Å². The predicted molar refractivity (Wildman–Crippen MR) is 105 cm³/mol. The number of amides is 1. The van der Waals surface area contributed by atoms with Crippen molar-refractivity contribution in [1.29, 1.82) is 0 Å². The summed E-state index contributed by atoms with van der Waals surface area (Å²) in [5, 5.41) is 7.13. The van der Waals surface area contributed by atoms with Crippen LogP contribution in [0.25, 0.3) is 5.69 Å². The summed E-state index contributed by atoms with van der Waals surface area (Å²) >= 11 is 3.41.